The predicted molar refractivity (Wildman–Crippen MR) is 86.5 cm³/mol. The molecular formula is C18H23NO4. The number of carbonyl (C=O) groups excluding carboxylic acids is 2. The Kier molecular flexibility index (Phi) is 3.71. The minimum Gasteiger partial charge on any atom is -0.507 e. The number of rotatable bonds is 3. The molecule has 0 atom stereocenters. The second-order valence-electron chi connectivity index (χ2n) is 6.98. The lowest BCUT2D eigenvalue weighted by atomic mass is 9.57. The summed E-state index contributed by atoms with van der Waals surface area (Å²) in [6, 6.07) is 3.46. The first kappa shape index (κ1) is 16.0. The lowest BCUT2D eigenvalue weighted by Gasteiger charge is -2.50. The molecule has 3 fully saturated rings. The standard InChI is InChI=1S/C18H23NO4/c1-11-8-13(9-12(2)15(11)21)19-16(22)18-6-4-17(23-3,5-7-18)10-14(18)20/h8-9,21H,4-7,10H2,1-3H3,(H,19,22). The molecule has 1 aromatic rings. The normalized spacial score (nSPS) is 29.6. The molecule has 0 heterocycles. The van der Waals surface area contributed by atoms with Gasteiger partial charge in [-0.1, -0.05) is 0 Å². The first-order valence-corrected chi connectivity index (χ1v) is 8.02. The van der Waals surface area contributed by atoms with Crippen molar-refractivity contribution in [3.8, 4) is 5.75 Å². The molecule has 3 aliphatic rings. The largest absolute Gasteiger partial charge is 0.507 e. The Balaban J connectivity index is 1.83. The number of ether oxygens (including phenoxy) is 1. The van der Waals surface area contributed by atoms with E-state index in [1.165, 1.54) is 0 Å². The van der Waals surface area contributed by atoms with Gasteiger partial charge in [0.1, 0.15) is 11.2 Å². The van der Waals surface area contributed by atoms with Gasteiger partial charge in [0.05, 0.1) is 5.60 Å². The highest BCUT2D eigenvalue weighted by molar-refractivity contribution is 6.12. The van der Waals surface area contributed by atoms with Crippen LogP contribution in [0, 0.1) is 19.3 Å². The second kappa shape index (κ2) is 5.34. The Bertz CT molecular complexity index is 649. The van der Waals surface area contributed by atoms with E-state index in [1.807, 2.05) is 0 Å². The molecule has 0 spiro atoms. The highest BCUT2D eigenvalue weighted by Crippen LogP contribution is 2.52. The van der Waals surface area contributed by atoms with Crippen LogP contribution in [-0.2, 0) is 14.3 Å². The first-order valence-electron chi connectivity index (χ1n) is 8.02. The number of nitrogens with one attached hydrogen (secondary N) is 1. The number of fused-ring (bicyclic) bond motifs is 3. The number of hydrogen-bond donors (Lipinski definition) is 2. The quantitative estimate of drug-likeness (QED) is 0.664. The third kappa shape index (κ3) is 2.43. The lowest BCUT2D eigenvalue weighted by molar-refractivity contribution is -0.164. The summed E-state index contributed by atoms with van der Waals surface area (Å²) in [7, 11) is 1.65. The Morgan fingerprint density at radius 2 is 1.74 bits per heavy atom. The van der Waals surface area contributed by atoms with Crippen LogP contribution in [-0.4, -0.2) is 29.5 Å². The fourth-order valence-electron chi connectivity index (χ4n) is 3.96. The highest BCUT2D eigenvalue weighted by Gasteiger charge is 2.58. The van der Waals surface area contributed by atoms with Gasteiger partial charge in [-0.05, 0) is 62.8 Å². The van der Waals surface area contributed by atoms with Gasteiger partial charge < -0.3 is 15.2 Å². The van der Waals surface area contributed by atoms with E-state index in [1.54, 1.807) is 33.1 Å². The number of phenols is 1. The number of anilines is 1. The smallest absolute Gasteiger partial charge is 0.238 e. The summed E-state index contributed by atoms with van der Waals surface area (Å²) < 4.78 is 5.54. The van der Waals surface area contributed by atoms with Crippen molar-refractivity contribution < 1.29 is 19.4 Å². The van der Waals surface area contributed by atoms with Gasteiger partial charge in [0.2, 0.25) is 5.91 Å². The molecule has 1 aromatic carbocycles. The van der Waals surface area contributed by atoms with Crippen molar-refractivity contribution in [3.63, 3.8) is 0 Å². The predicted octanol–water partition coefficient (Wildman–Crippen LogP) is 2.87. The molecule has 2 bridgehead atoms. The monoisotopic (exact) mass is 317 g/mol. The summed E-state index contributed by atoms with van der Waals surface area (Å²) in [6.07, 6.45) is 2.90. The van der Waals surface area contributed by atoms with Crippen LogP contribution in [0.1, 0.15) is 43.2 Å². The van der Waals surface area contributed by atoms with Crippen molar-refractivity contribution in [1.82, 2.24) is 0 Å². The zero-order valence-corrected chi connectivity index (χ0v) is 13.9. The minimum atomic E-state index is -0.917. The molecule has 0 aliphatic heterocycles. The van der Waals surface area contributed by atoms with Gasteiger partial charge in [0.15, 0.2) is 5.78 Å². The Morgan fingerprint density at radius 3 is 2.22 bits per heavy atom. The van der Waals surface area contributed by atoms with E-state index >= 15 is 0 Å². The van der Waals surface area contributed by atoms with Crippen LogP contribution >= 0.6 is 0 Å². The first-order chi connectivity index (χ1) is 10.8. The third-order valence-corrected chi connectivity index (χ3v) is 5.65. The maximum atomic E-state index is 12.8. The Hall–Kier alpha value is -1.88. The van der Waals surface area contributed by atoms with Crippen molar-refractivity contribution in [1.29, 1.82) is 0 Å². The van der Waals surface area contributed by atoms with Crippen molar-refractivity contribution in [2.75, 3.05) is 12.4 Å². The minimum absolute atomic E-state index is 0.0124. The number of Topliss-reactive ketones (excluding diaryl/α,β-unsaturated/α-hetero) is 1. The van der Waals surface area contributed by atoms with Crippen LogP contribution in [0.2, 0.25) is 0 Å². The van der Waals surface area contributed by atoms with Crippen molar-refractivity contribution in [2.45, 2.75) is 51.6 Å². The summed E-state index contributed by atoms with van der Waals surface area (Å²) in [6.45, 7) is 3.57. The van der Waals surface area contributed by atoms with Crippen LogP contribution in [0.5, 0.6) is 5.75 Å². The van der Waals surface area contributed by atoms with Crippen molar-refractivity contribution >= 4 is 17.4 Å². The molecule has 5 heteroatoms. The molecular weight excluding hydrogens is 294 g/mol. The number of benzene rings is 1. The van der Waals surface area contributed by atoms with Crippen molar-refractivity contribution in [3.05, 3.63) is 23.3 Å². The van der Waals surface area contributed by atoms with Crippen LogP contribution in [0.15, 0.2) is 12.1 Å². The number of carbonyl (C=O) groups is 2. The van der Waals surface area contributed by atoms with Crippen LogP contribution in [0.25, 0.3) is 0 Å². The highest BCUT2D eigenvalue weighted by atomic mass is 16.5. The Labute approximate surface area is 136 Å². The molecule has 0 unspecified atom stereocenters. The van der Waals surface area contributed by atoms with E-state index < -0.39 is 5.41 Å². The van der Waals surface area contributed by atoms with Gasteiger partial charge in [0, 0.05) is 19.2 Å². The van der Waals surface area contributed by atoms with Gasteiger partial charge in [-0.15, -0.1) is 0 Å². The fourth-order valence-corrected chi connectivity index (χ4v) is 3.96. The molecule has 5 nitrogen and oxygen atoms in total. The topological polar surface area (TPSA) is 75.6 Å². The summed E-state index contributed by atoms with van der Waals surface area (Å²) >= 11 is 0. The van der Waals surface area contributed by atoms with E-state index in [9.17, 15) is 14.7 Å². The van der Waals surface area contributed by atoms with Gasteiger partial charge >= 0.3 is 0 Å². The fraction of sp³-hybridized carbons (Fsp3) is 0.556. The van der Waals surface area contributed by atoms with Gasteiger partial charge in [0.25, 0.3) is 0 Å². The number of amides is 1. The Morgan fingerprint density at radius 1 is 1.17 bits per heavy atom. The average molecular weight is 317 g/mol. The molecule has 23 heavy (non-hydrogen) atoms. The molecule has 3 saturated carbocycles. The van der Waals surface area contributed by atoms with E-state index in [0.717, 1.165) is 12.8 Å². The van der Waals surface area contributed by atoms with Crippen LogP contribution in [0.3, 0.4) is 0 Å². The number of aryl methyl sites for hydroxylation is 2. The van der Waals surface area contributed by atoms with E-state index in [4.69, 9.17) is 4.74 Å². The third-order valence-electron chi connectivity index (χ3n) is 5.65. The summed E-state index contributed by atoms with van der Waals surface area (Å²) in [5.74, 6) is -0.00425. The number of phenolic OH excluding ortho intramolecular Hbond substituents is 1. The summed E-state index contributed by atoms with van der Waals surface area (Å²) in [5, 5.41) is 12.7. The van der Waals surface area contributed by atoms with Gasteiger partial charge in [-0.3, -0.25) is 9.59 Å². The van der Waals surface area contributed by atoms with Crippen LogP contribution < -0.4 is 5.32 Å². The average Bonchev–Trinajstić information content (AvgIpc) is 2.53. The molecule has 0 aromatic heterocycles. The van der Waals surface area contributed by atoms with E-state index in [-0.39, 0.29) is 23.0 Å². The molecule has 2 N–H and O–H groups in total. The molecule has 1 amide bonds. The van der Waals surface area contributed by atoms with E-state index in [0.29, 0.717) is 36.1 Å². The van der Waals surface area contributed by atoms with Gasteiger partial charge in [-0.25, -0.2) is 0 Å². The summed E-state index contributed by atoms with van der Waals surface area (Å²) in [5.41, 5.74) is 0.758. The second-order valence-corrected chi connectivity index (χ2v) is 6.98. The van der Waals surface area contributed by atoms with Crippen molar-refractivity contribution in [2.24, 2.45) is 5.41 Å². The van der Waals surface area contributed by atoms with Gasteiger partial charge in [-0.2, -0.15) is 0 Å². The lowest BCUT2D eigenvalue weighted by Crippen LogP contribution is -2.57. The molecule has 0 saturated heterocycles. The maximum Gasteiger partial charge on any atom is 0.238 e. The maximum absolute atomic E-state index is 12.8. The molecule has 124 valence electrons. The zero-order valence-electron chi connectivity index (χ0n) is 13.9. The molecule has 0 radical (unpaired) electrons. The number of aromatic hydroxyl groups is 1. The van der Waals surface area contributed by atoms with E-state index in [2.05, 4.69) is 5.32 Å². The zero-order chi connectivity index (χ0) is 16.8. The molecule has 4 rings (SSSR count). The number of ketones is 1. The number of methoxy groups -OCH3 is 1. The SMILES string of the molecule is COC12CCC(C(=O)Nc3cc(C)c(O)c(C)c3)(CC1)C(=O)C2. The summed E-state index contributed by atoms with van der Waals surface area (Å²) in [4.78, 5) is 25.4. The molecule has 3 aliphatic carbocycles. The van der Waals surface area contributed by atoms with Crippen LogP contribution in [0.4, 0.5) is 5.69 Å². The number of hydrogen-bond acceptors (Lipinski definition) is 4.